The molecule has 0 radical (unpaired) electrons. The molecule has 2 fully saturated rings. The number of carbonyl (C=O) groups is 1. The number of likely N-dealkylation sites (N-methyl/N-ethyl adjacent to an activating group) is 1. The van der Waals surface area contributed by atoms with Gasteiger partial charge in [-0.25, -0.2) is 4.99 Å². The fourth-order valence-corrected chi connectivity index (χ4v) is 4.50. The molecule has 31 heavy (non-hydrogen) atoms. The Hall–Kier alpha value is -1.35. The van der Waals surface area contributed by atoms with E-state index in [0.29, 0.717) is 6.04 Å². The van der Waals surface area contributed by atoms with Crippen LogP contribution in [0.5, 0.6) is 0 Å². The van der Waals surface area contributed by atoms with Crippen molar-refractivity contribution in [1.29, 1.82) is 0 Å². The lowest BCUT2D eigenvalue weighted by Crippen LogP contribution is -2.51. The molecule has 1 heterocycles. The number of nitrogens with zero attached hydrogens (tertiary/aromatic N) is 3. The number of amides is 1. The standard InChI is InChI=1S/C24H39N5O.HI/c1-19(20-10-6-4-7-11-20)26-24(25-18-23(30)28(2)3)27-21-14-16-29(17-15-21)22-12-8-5-9-13-22;/h4,6-7,10-11,19,21-22H,5,8-9,12-18H2,1-3H3,(H2,25,26,27);1H. The Morgan fingerprint density at radius 1 is 1.10 bits per heavy atom. The molecule has 6 nitrogen and oxygen atoms in total. The Morgan fingerprint density at radius 3 is 2.35 bits per heavy atom. The van der Waals surface area contributed by atoms with Gasteiger partial charge in [-0.15, -0.1) is 24.0 Å². The average Bonchev–Trinajstić information content (AvgIpc) is 2.78. The molecule has 0 spiro atoms. The molecule has 0 aromatic heterocycles. The minimum atomic E-state index is 0. The Labute approximate surface area is 205 Å². The van der Waals surface area contributed by atoms with Gasteiger partial charge in [0, 0.05) is 39.3 Å². The van der Waals surface area contributed by atoms with E-state index in [1.807, 2.05) is 18.2 Å². The molecule has 2 aliphatic rings. The van der Waals surface area contributed by atoms with Crippen LogP contribution < -0.4 is 10.6 Å². The number of nitrogens with one attached hydrogen (secondary N) is 2. The van der Waals surface area contributed by atoms with Gasteiger partial charge in [0.1, 0.15) is 6.54 Å². The number of benzene rings is 1. The fourth-order valence-electron chi connectivity index (χ4n) is 4.50. The first-order chi connectivity index (χ1) is 14.5. The Balaban J connectivity index is 0.00000341. The summed E-state index contributed by atoms with van der Waals surface area (Å²) in [6.07, 6.45) is 9.17. The SMILES string of the molecule is CC(NC(=NCC(=O)N(C)C)NC1CCN(C2CCCCC2)CC1)c1ccccc1.I. The maximum absolute atomic E-state index is 12.1. The highest BCUT2D eigenvalue weighted by Gasteiger charge is 2.26. The molecule has 1 aromatic rings. The van der Waals surface area contributed by atoms with Crippen LogP contribution in [0.15, 0.2) is 35.3 Å². The molecule has 1 aliphatic carbocycles. The van der Waals surface area contributed by atoms with Crippen LogP contribution in [-0.4, -0.2) is 67.5 Å². The summed E-state index contributed by atoms with van der Waals surface area (Å²) in [4.78, 5) is 21.0. The summed E-state index contributed by atoms with van der Waals surface area (Å²) in [6, 6.07) is 11.7. The number of hydrogen-bond acceptors (Lipinski definition) is 3. The molecule has 1 amide bonds. The average molecular weight is 542 g/mol. The first-order valence-electron chi connectivity index (χ1n) is 11.6. The van der Waals surface area contributed by atoms with Crippen molar-refractivity contribution in [3.05, 3.63) is 35.9 Å². The van der Waals surface area contributed by atoms with Crippen LogP contribution in [0.3, 0.4) is 0 Å². The van der Waals surface area contributed by atoms with E-state index in [2.05, 4.69) is 39.6 Å². The largest absolute Gasteiger partial charge is 0.354 e. The van der Waals surface area contributed by atoms with Crippen molar-refractivity contribution in [2.75, 3.05) is 33.7 Å². The van der Waals surface area contributed by atoms with E-state index in [1.54, 1.807) is 19.0 Å². The Morgan fingerprint density at radius 2 is 1.74 bits per heavy atom. The van der Waals surface area contributed by atoms with Gasteiger partial charge in [0.25, 0.3) is 0 Å². The second-order valence-corrected chi connectivity index (χ2v) is 8.98. The van der Waals surface area contributed by atoms with Crippen LogP contribution in [0.2, 0.25) is 0 Å². The second kappa shape index (κ2) is 13.3. The van der Waals surface area contributed by atoms with E-state index in [-0.39, 0.29) is 42.5 Å². The minimum absolute atomic E-state index is 0. The van der Waals surface area contributed by atoms with Gasteiger partial charge >= 0.3 is 0 Å². The highest BCUT2D eigenvalue weighted by molar-refractivity contribution is 14.0. The number of hydrogen-bond donors (Lipinski definition) is 2. The summed E-state index contributed by atoms with van der Waals surface area (Å²) in [7, 11) is 3.54. The minimum Gasteiger partial charge on any atom is -0.354 e. The van der Waals surface area contributed by atoms with E-state index >= 15 is 0 Å². The third-order valence-corrected chi connectivity index (χ3v) is 6.49. The molecule has 1 saturated heterocycles. The van der Waals surface area contributed by atoms with Gasteiger partial charge in [0.15, 0.2) is 5.96 Å². The summed E-state index contributed by atoms with van der Waals surface area (Å²) >= 11 is 0. The third-order valence-electron chi connectivity index (χ3n) is 6.49. The van der Waals surface area contributed by atoms with E-state index in [0.717, 1.165) is 37.9 Å². The lowest BCUT2D eigenvalue weighted by Gasteiger charge is -2.39. The number of guanidine groups is 1. The maximum Gasteiger partial charge on any atom is 0.243 e. The molecule has 1 aliphatic heterocycles. The zero-order valence-corrected chi connectivity index (χ0v) is 21.7. The van der Waals surface area contributed by atoms with Gasteiger partial charge in [-0.2, -0.15) is 0 Å². The molecule has 2 N–H and O–H groups in total. The Bertz CT molecular complexity index is 682. The molecule has 1 unspecified atom stereocenters. The summed E-state index contributed by atoms with van der Waals surface area (Å²) in [5.41, 5.74) is 1.21. The highest BCUT2D eigenvalue weighted by atomic mass is 127. The Kier molecular flexibility index (Phi) is 11.1. The van der Waals surface area contributed by atoms with Crippen molar-refractivity contribution < 1.29 is 4.79 Å². The predicted molar refractivity (Wildman–Crippen MR) is 139 cm³/mol. The number of halogens is 1. The summed E-state index contributed by atoms with van der Waals surface area (Å²) in [5, 5.41) is 7.12. The van der Waals surface area contributed by atoms with Gasteiger partial charge in [-0.3, -0.25) is 4.79 Å². The predicted octanol–water partition coefficient (Wildman–Crippen LogP) is 3.79. The fraction of sp³-hybridized carbons (Fsp3) is 0.667. The van der Waals surface area contributed by atoms with Crippen LogP contribution in [0.1, 0.15) is 63.5 Å². The first-order valence-corrected chi connectivity index (χ1v) is 11.6. The molecule has 1 aromatic carbocycles. The third kappa shape index (κ3) is 8.25. The quantitative estimate of drug-likeness (QED) is 0.327. The van der Waals surface area contributed by atoms with Gasteiger partial charge in [0.05, 0.1) is 6.04 Å². The van der Waals surface area contributed by atoms with Crippen molar-refractivity contribution in [1.82, 2.24) is 20.4 Å². The lowest BCUT2D eigenvalue weighted by atomic mass is 9.92. The van der Waals surface area contributed by atoms with Gasteiger partial charge in [-0.05, 0) is 38.2 Å². The van der Waals surface area contributed by atoms with E-state index in [1.165, 1.54) is 37.7 Å². The van der Waals surface area contributed by atoms with Gasteiger partial charge < -0.3 is 20.4 Å². The summed E-state index contributed by atoms with van der Waals surface area (Å²) < 4.78 is 0. The number of aliphatic imine (C=N–C) groups is 1. The van der Waals surface area contributed by atoms with E-state index in [4.69, 9.17) is 0 Å². The van der Waals surface area contributed by atoms with Crippen LogP contribution in [0, 0.1) is 0 Å². The topological polar surface area (TPSA) is 60.0 Å². The van der Waals surface area contributed by atoms with Crippen molar-refractivity contribution >= 4 is 35.8 Å². The zero-order chi connectivity index (χ0) is 21.3. The number of likely N-dealkylation sites (tertiary alicyclic amines) is 1. The molecule has 3 rings (SSSR count). The summed E-state index contributed by atoms with van der Waals surface area (Å²) in [6.45, 7) is 4.59. The smallest absolute Gasteiger partial charge is 0.243 e. The number of piperidine rings is 1. The highest BCUT2D eigenvalue weighted by Crippen LogP contribution is 2.25. The van der Waals surface area contributed by atoms with Gasteiger partial charge in [-0.1, -0.05) is 49.6 Å². The second-order valence-electron chi connectivity index (χ2n) is 8.98. The molecule has 1 atom stereocenters. The first kappa shape index (κ1) is 25.9. The molecule has 7 heteroatoms. The van der Waals surface area contributed by atoms with Crippen molar-refractivity contribution in [2.24, 2.45) is 4.99 Å². The number of carbonyl (C=O) groups excluding carboxylic acids is 1. The maximum atomic E-state index is 12.1. The molecule has 174 valence electrons. The van der Waals surface area contributed by atoms with Crippen molar-refractivity contribution in [2.45, 2.75) is 70.0 Å². The number of rotatable bonds is 6. The molecule has 0 bridgehead atoms. The van der Waals surface area contributed by atoms with Gasteiger partial charge in [0.2, 0.25) is 5.91 Å². The van der Waals surface area contributed by atoms with Crippen molar-refractivity contribution in [3.8, 4) is 0 Å². The lowest BCUT2D eigenvalue weighted by molar-refractivity contribution is -0.127. The molecular weight excluding hydrogens is 501 g/mol. The normalized spacial score (nSPS) is 19.9. The van der Waals surface area contributed by atoms with Crippen LogP contribution in [-0.2, 0) is 4.79 Å². The molecular formula is C24H40IN5O. The summed E-state index contributed by atoms with van der Waals surface area (Å²) in [5.74, 6) is 0.744. The van der Waals surface area contributed by atoms with E-state index in [9.17, 15) is 4.79 Å². The monoisotopic (exact) mass is 541 g/mol. The zero-order valence-electron chi connectivity index (χ0n) is 19.3. The molecule has 1 saturated carbocycles. The van der Waals surface area contributed by atoms with E-state index < -0.39 is 0 Å². The van der Waals surface area contributed by atoms with Crippen LogP contribution in [0.25, 0.3) is 0 Å². The van der Waals surface area contributed by atoms with Crippen molar-refractivity contribution in [3.63, 3.8) is 0 Å². The van der Waals surface area contributed by atoms with Crippen LogP contribution >= 0.6 is 24.0 Å². The van der Waals surface area contributed by atoms with Crippen LogP contribution in [0.4, 0.5) is 0 Å².